The van der Waals surface area contributed by atoms with Crippen molar-refractivity contribution in [1.82, 2.24) is 10.2 Å². The van der Waals surface area contributed by atoms with Crippen LogP contribution in [0.4, 0.5) is 0 Å². The van der Waals surface area contributed by atoms with Crippen molar-refractivity contribution in [1.29, 1.82) is 0 Å². The Morgan fingerprint density at radius 1 is 1.46 bits per heavy atom. The van der Waals surface area contributed by atoms with Gasteiger partial charge in [-0.05, 0) is 48.9 Å². The number of amides is 1. The Bertz CT molecular complexity index is 802. The molecule has 26 heavy (non-hydrogen) atoms. The highest BCUT2D eigenvalue weighted by atomic mass is 32.1. The van der Waals surface area contributed by atoms with Crippen molar-refractivity contribution in [2.45, 2.75) is 38.0 Å². The molecular formula is C20H24N2O3S. The minimum atomic E-state index is -0.00843. The molecule has 5 nitrogen and oxygen atoms in total. The van der Waals surface area contributed by atoms with Crippen molar-refractivity contribution in [3.63, 3.8) is 0 Å². The summed E-state index contributed by atoms with van der Waals surface area (Å²) in [5.41, 5.74) is 1.05. The van der Waals surface area contributed by atoms with Crippen molar-refractivity contribution in [3.05, 3.63) is 46.0 Å². The van der Waals surface area contributed by atoms with Crippen LogP contribution in [-0.2, 0) is 11.3 Å². The van der Waals surface area contributed by atoms with Crippen molar-refractivity contribution >= 4 is 17.2 Å². The lowest BCUT2D eigenvalue weighted by Crippen LogP contribution is -2.41. The molecule has 2 aromatic heterocycles. The number of thiophene rings is 1. The lowest BCUT2D eigenvalue weighted by atomic mass is 9.73. The first-order chi connectivity index (χ1) is 12.6. The highest BCUT2D eigenvalue weighted by Crippen LogP contribution is 2.54. The Balaban J connectivity index is 1.26. The highest BCUT2D eigenvalue weighted by molar-refractivity contribution is 7.12. The van der Waals surface area contributed by atoms with E-state index in [1.165, 1.54) is 11.3 Å². The van der Waals surface area contributed by atoms with Crippen molar-refractivity contribution < 1.29 is 13.9 Å². The van der Waals surface area contributed by atoms with Crippen LogP contribution in [0.15, 0.2) is 34.3 Å². The molecule has 3 fully saturated rings. The van der Waals surface area contributed by atoms with Crippen LogP contribution in [0.25, 0.3) is 0 Å². The fraction of sp³-hybridized carbons (Fsp3) is 0.550. The number of aryl methyl sites for hydroxylation is 1. The van der Waals surface area contributed by atoms with Crippen LogP contribution < -0.4 is 5.32 Å². The number of hydrogen-bond acceptors (Lipinski definition) is 5. The molecule has 138 valence electrons. The van der Waals surface area contributed by atoms with Gasteiger partial charge in [0.15, 0.2) is 0 Å². The van der Waals surface area contributed by atoms with Crippen LogP contribution in [-0.4, -0.2) is 42.1 Å². The molecule has 1 N–H and O–H groups in total. The molecule has 3 aliphatic rings. The van der Waals surface area contributed by atoms with Gasteiger partial charge in [-0.1, -0.05) is 0 Å². The minimum Gasteiger partial charge on any atom is -0.468 e. The summed E-state index contributed by atoms with van der Waals surface area (Å²) in [4.78, 5) is 15.8. The number of nitrogens with one attached hydrogen (secondary N) is 1. The van der Waals surface area contributed by atoms with E-state index in [0.717, 1.165) is 48.7 Å². The molecule has 0 saturated carbocycles. The number of rotatable bonds is 5. The zero-order valence-electron chi connectivity index (χ0n) is 14.9. The number of nitrogens with zero attached hydrogens (tertiary/aromatic N) is 1. The molecule has 5 heterocycles. The van der Waals surface area contributed by atoms with E-state index in [-0.39, 0.29) is 11.5 Å². The molecule has 0 radical (unpaired) electrons. The lowest BCUT2D eigenvalue weighted by Gasteiger charge is -2.29. The molecule has 2 bridgehead atoms. The number of ether oxygens (including phenoxy) is 1. The van der Waals surface area contributed by atoms with E-state index in [1.54, 1.807) is 6.26 Å². The van der Waals surface area contributed by atoms with E-state index in [9.17, 15) is 4.79 Å². The number of likely N-dealkylation sites (tertiary alicyclic amines) is 1. The third kappa shape index (κ3) is 2.63. The Labute approximate surface area is 157 Å². The molecule has 2 aromatic rings. The van der Waals surface area contributed by atoms with E-state index in [4.69, 9.17) is 9.15 Å². The van der Waals surface area contributed by atoms with Crippen LogP contribution in [0, 0.1) is 18.8 Å². The fourth-order valence-electron chi connectivity index (χ4n) is 5.20. The van der Waals surface area contributed by atoms with Gasteiger partial charge in [-0.25, -0.2) is 0 Å². The summed E-state index contributed by atoms with van der Waals surface area (Å²) < 4.78 is 12.0. The summed E-state index contributed by atoms with van der Waals surface area (Å²) in [6, 6.07) is 5.97. The van der Waals surface area contributed by atoms with E-state index in [0.29, 0.717) is 24.5 Å². The van der Waals surface area contributed by atoms with Crippen molar-refractivity contribution in [2.24, 2.45) is 11.8 Å². The molecule has 0 aromatic carbocycles. The Hall–Kier alpha value is -1.63. The summed E-state index contributed by atoms with van der Waals surface area (Å²) in [5.74, 6) is 1.98. The molecular weight excluding hydrogens is 348 g/mol. The van der Waals surface area contributed by atoms with Gasteiger partial charge in [-0.15, -0.1) is 11.3 Å². The van der Waals surface area contributed by atoms with Gasteiger partial charge in [0.25, 0.3) is 5.91 Å². The maximum atomic E-state index is 12.5. The summed E-state index contributed by atoms with van der Waals surface area (Å²) in [6.07, 6.45) is 4.29. The maximum absolute atomic E-state index is 12.5. The number of furan rings is 1. The van der Waals surface area contributed by atoms with Gasteiger partial charge in [0.2, 0.25) is 0 Å². The molecule has 0 aliphatic carbocycles. The summed E-state index contributed by atoms with van der Waals surface area (Å²) >= 11 is 1.51. The van der Waals surface area contributed by atoms with Crippen LogP contribution in [0.2, 0.25) is 0 Å². The first-order valence-electron chi connectivity index (χ1n) is 9.39. The number of hydrogen-bond donors (Lipinski definition) is 1. The number of carbonyl (C=O) groups is 1. The Morgan fingerprint density at radius 2 is 2.38 bits per heavy atom. The van der Waals surface area contributed by atoms with E-state index < -0.39 is 0 Å². The highest BCUT2D eigenvalue weighted by Gasteiger charge is 2.62. The van der Waals surface area contributed by atoms with Gasteiger partial charge in [0.1, 0.15) is 5.76 Å². The quantitative estimate of drug-likeness (QED) is 0.876. The molecule has 0 unspecified atom stereocenters. The maximum Gasteiger partial charge on any atom is 0.261 e. The van der Waals surface area contributed by atoms with E-state index in [2.05, 4.69) is 10.2 Å². The van der Waals surface area contributed by atoms with E-state index in [1.807, 2.05) is 30.5 Å². The van der Waals surface area contributed by atoms with Gasteiger partial charge in [0, 0.05) is 31.5 Å². The number of fused-ring (bicyclic) bond motifs is 1. The van der Waals surface area contributed by atoms with Crippen LogP contribution >= 0.6 is 11.3 Å². The molecule has 5 rings (SSSR count). The van der Waals surface area contributed by atoms with Gasteiger partial charge in [-0.2, -0.15) is 0 Å². The number of carbonyl (C=O) groups excluding carboxylic acids is 1. The Kier molecular flexibility index (Phi) is 3.95. The largest absolute Gasteiger partial charge is 0.468 e. The lowest BCUT2D eigenvalue weighted by molar-refractivity contribution is 0.00168. The molecule has 6 heteroatoms. The van der Waals surface area contributed by atoms with E-state index >= 15 is 0 Å². The normalized spacial score (nSPS) is 32.9. The summed E-state index contributed by atoms with van der Waals surface area (Å²) in [7, 11) is 0. The first kappa shape index (κ1) is 16.5. The van der Waals surface area contributed by atoms with Gasteiger partial charge < -0.3 is 14.5 Å². The van der Waals surface area contributed by atoms with Gasteiger partial charge in [-0.3, -0.25) is 9.69 Å². The second-order valence-corrected chi connectivity index (χ2v) is 8.84. The topological polar surface area (TPSA) is 54.7 Å². The average molecular weight is 372 g/mol. The third-order valence-corrected chi connectivity index (χ3v) is 7.40. The van der Waals surface area contributed by atoms with Crippen molar-refractivity contribution in [3.8, 4) is 0 Å². The SMILES string of the molecule is Cc1ccsc1C(=O)NC[C@H]1[C@H]2CN(Cc3ccco3)C[C@]23CC[C@H]1O3. The summed E-state index contributed by atoms with van der Waals surface area (Å²) in [6.45, 7) is 5.54. The molecule has 1 amide bonds. The smallest absolute Gasteiger partial charge is 0.261 e. The molecule has 3 saturated heterocycles. The standard InChI is InChI=1S/C20H24N2O3S/c1-13-5-8-26-18(13)19(23)21-9-15-16-11-22(10-14-3-2-7-24-14)12-20(16)6-4-17(15)25-20/h2-3,5,7-8,15-17H,4,6,9-12H2,1H3,(H,21,23)/t15-,16+,17+,20+/m0/s1. The molecule has 1 spiro atoms. The third-order valence-electron chi connectivity index (χ3n) is 6.38. The van der Waals surface area contributed by atoms with Crippen LogP contribution in [0.1, 0.15) is 33.8 Å². The minimum absolute atomic E-state index is 0.00843. The monoisotopic (exact) mass is 372 g/mol. The van der Waals surface area contributed by atoms with Crippen LogP contribution in [0.5, 0.6) is 0 Å². The second-order valence-electron chi connectivity index (χ2n) is 7.92. The molecule has 4 atom stereocenters. The van der Waals surface area contributed by atoms with Gasteiger partial charge in [0.05, 0.1) is 29.4 Å². The second kappa shape index (κ2) is 6.22. The zero-order valence-corrected chi connectivity index (χ0v) is 15.8. The molecule has 3 aliphatic heterocycles. The van der Waals surface area contributed by atoms with Crippen LogP contribution in [0.3, 0.4) is 0 Å². The fourth-order valence-corrected chi connectivity index (χ4v) is 6.04. The zero-order chi connectivity index (χ0) is 17.7. The Morgan fingerprint density at radius 3 is 3.15 bits per heavy atom. The van der Waals surface area contributed by atoms with Gasteiger partial charge >= 0.3 is 0 Å². The summed E-state index contributed by atoms with van der Waals surface area (Å²) in [5, 5.41) is 5.15. The predicted octanol–water partition coefficient (Wildman–Crippen LogP) is 3.06. The average Bonchev–Trinajstić information content (AvgIpc) is 3.40. The first-order valence-corrected chi connectivity index (χ1v) is 10.3. The predicted molar refractivity (Wildman–Crippen MR) is 99.2 cm³/mol. The van der Waals surface area contributed by atoms with Crippen molar-refractivity contribution in [2.75, 3.05) is 19.6 Å².